The SMILES string of the molecule is C[CH]Cc1cccc(OCCCCC)c1. The zero-order valence-electron chi connectivity index (χ0n) is 9.83. The van der Waals surface area contributed by atoms with Crippen LogP contribution in [0.3, 0.4) is 0 Å². The molecule has 0 saturated carbocycles. The summed E-state index contributed by atoms with van der Waals surface area (Å²) in [5, 5.41) is 0. The van der Waals surface area contributed by atoms with E-state index in [1.54, 1.807) is 0 Å². The fourth-order valence-electron chi connectivity index (χ4n) is 1.54. The van der Waals surface area contributed by atoms with Crippen LogP contribution in [-0.2, 0) is 6.42 Å². The molecule has 0 unspecified atom stereocenters. The molecule has 0 bridgehead atoms. The molecule has 15 heavy (non-hydrogen) atoms. The van der Waals surface area contributed by atoms with Crippen LogP contribution in [0.5, 0.6) is 5.75 Å². The van der Waals surface area contributed by atoms with Crippen LogP contribution in [0.1, 0.15) is 38.7 Å². The average Bonchev–Trinajstić information content (AvgIpc) is 2.26. The summed E-state index contributed by atoms with van der Waals surface area (Å²) in [6, 6.07) is 8.37. The quantitative estimate of drug-likeness (QED) is 0.611. The third-order valence-corrected chi connectivity index (χ3v) is 2.35. The van der Waals surface area contributed by atoms with Crippen molar-refractivity contribution in [3.63, 3.8) is 0 Å². The molecule has 1 nitrogen and oxygen atoms in total. The molecule has 1 heteroatoms. The summed E-state index contributed by atoms with van der Waals surface area (Å²) in [7, 11) is 0. The van der Waals surface area contributed by atoms with E-state index in [1.807, 2.05) is 6.07 Å². The van der Waals surface area contributed by atoms with Crippen LogP contribution in [0.2, 0.25) is 0 Å². The van der Waals surface area contributed by atoms with Gasteiger partial charge >= 0.3 is 0 Å². The Labute approximate surface area is 93.5 Å². The molecule has 0 spiro atoms. The first-order chi connectivity index (χ1) is 7.36. The van der Waals surface area contributed by atoms with Gasteiger partial charge in [0.1, 0.15) is 5.75 Å². The molecule has 0 fully saturated rings. The molecule has 1 rings (SSSR count). The summed E-state index contributed by atoms with van der Waals surface area (Å²) in [6.45, 7) is 5.12. The van der Waals surface area contributed by atoms with Gasteiger partial charge in [0.2, 0.25) is 0 Å². The highest BCUT2D eigenvalue weighted by atomic mass is 16.5. The van der Waals surface area contributed by atoms with E-state index in [9.17, 15) is 0 Å². The molecule has 0 aromatic heterocycles. The molecule has 0 saturated heterocycles. The summed E-state index contributed by atoms with van der Waals surface area (Å²) >= 11 is 0. The van der Waals surface area contributed by atoms with Crippen molar-refractivity contribution >= 4 is 0 Å². The molecule has 0 N–H and O–H groups in total. The maximum Gasteiger partial charge on any atom is 0.119 e. The fourth-order valence-corrected chi connectivity index (χ4v) is 1.54. The van der Waals surface area contributed by atoms with Gasteiger partial charge in [-0.1, -0.05) is 38.8 Å². The largest absolute Gasteiger partial charge is 0.494 e. The van der Waals surface area contributed by atoms with Crippen LogP contribution >= 0.6 is 0 Å². The number of unbranched alkanes of at least 4 members (excludes halogenated alkanes) is 2. The second-order valence-corrected chi connectivity index (χ2v) is 3.82. The van der Waals surface area contributed by atoms with E-state index in [0.717, 1.165) is 25.2 Å². The predicted molar refractivity (Wildman–Crippen MR) is 65.1 cm³/mol. The first kappa shape index (κ1) is 12.1. The van der Waals surface area contributed by atoms with Crippen LogP contribution in [0.4, 0.5) is 0 Å². The van der Waals surface area contributed by atoms with Gasteiger partial charge in [-0.25, -0.2) is 0 Å². The lowest BCUT2D eigenvalue weighted by molar-refractivity contribution is 0.306. The Kier molecular flexibility index (Phi) is 5.91. The van der Waals surface area contributed by atoms with Crippen molar-refractivity contribution in [2.24, 2.45) is 0 Å². The monoisotopic (exact) mass is 205 g/mol. The zero-order valence-corrected chi connectivity index (χ0v) is 9.83. The van der Waals surface area contributed by atoms with Gasteiger partial charge in [-0.3, -0.25) is 0 Å². The van der Waals surface area contributed by atoms with E-state index >= 15 is 0 Å². The summed E-state index contributed by atoms with van der Waals surface area (Å²) in [6.07, 6.45) is 6.83. The summed E-state index contributed by atoms with van der Waals surface area (Å²) in [5.74, 6) is 1.01. The molecule has 0 atom stereocenters. The Morgan fingerprint density at radius 2 is 2.13 bits per heavy atom. The molecule has 1 radical (unpaired) electrons. The van der Waals surface area contributed by atoms with Crippen molar-refractivity contribution in [1.82, 2.24) is 0 Å². The highest BCUT2D eigenvalue weighted by Crippen LogP contribution is 2.14. The number of hydrogen-bond donors (Lipinski definition) is 0. The number of ether oxygens (including phenoxy) is 1. The first-order valence-corrected chi connectivity index (χ1v) is 5.86. The lowest BCUT2D eigenvalue weighted by atomic mass is 10.1. The van der Waals surface area contributed by atoms with E-state index in [0.29, 0.717) is 0 Å². The normalized spacial score (nSPS) is 10.3. The van der Waals surface area contributed by atoms with Crippen molar-refractivity contribution in [3.8, 4) is 5.75 Å². The Morgan fingerprint density at radius 3 is 2.87 bits per heavy atom. The molecule has 0 aliphatic carbocycles. The van der Waals surface area contributed by atoms with Gasteiger partial charge < -0.3 is 4.74 Å². The molecule has 0 aliphatic heterocycles. The molecule has 83 valence electrons. The second-order valence-electron chi connectivity index (χ2n) is 3.82. The molecule has 1 aromatic carbocycles. The fraction of sp³-hybridized carbons (Fsp3) is 0.500. The van der Waals surface area contributed by atoms with Crippen LogP contribution < -0.4 is 4.74 Å². The van der Waals surface area contributed by atoms with Gasteiger partial charge in [-0.15, -0.1) is 0 Å². The lowest BCUT2D eigenvalue weighted by Crippen LogP contribution is -1.97. The standard InChI is InChI=1S/C14H21O/c1-3-5-6-11-15-14-10-7-9-13(12-14)8-4-2/h4,7,9-10,12H,3,5-6,8,11H2,1-2H3. The van der Waals surface area contributed by atoms with Gasteiger partial charge in [-0.05, 0) is 37.0 Å². The summed E-state index contributed by atoms with van der Waals surface area (Å²) in [4.78, 5) is 0. The highest BCUT2D eigenvalue weighted by Gasteiger charge is 1.96. The van der Waals surface area contributed by atoms with Crippen LogP contribution in [-0.4, -0.2) is 6.61 Å². The van der Waals surface area contributed by atoms with E-state index in [-0.39, 0.29) is 0 Å². The van der Waals surface area contributed by atoms with Gasteiger partial charge in [0, 0.05) is 0 Å². The van der Waals surface area contributed by atoms with Crippen molar-refractivity contribution in [2.75, 3.05) is 6.61 Å². The van der Waals surface area contributed by atoms with Crippen molar-refractivity contribution in [3.05, 3.63) is 36.2 Å². The Balaban J connectivity index is 2.36. The maximum absolute atomic E-state index is 5.68. The van der Waals surface area contributed by atoms with Gasteiger partial charge in [0.15, 0.2) is 0 Å². The third-order valence-electron chi connectivity index (χ3n) is 2.35. The average molecular weight is 205 g/mol. The van der Waals surface area contributed by atoms with Crippen molar-refractivity contribution in [2.45, 2.75) is 39.5 Å². The predicted octanol–water partition coefficient (Wildman–Crippen LogP) is 4.02. The topological polar surface area (TPSA) is 9.23 Å². The number of benzene rings is 1. The molecular weight excluding hydrogens is 184 g/mol. The Hall–Kier alpha value is -0.980. The number of hydrogen-bond acceptors (Lipinski definition) is 1. The van der Waals surface area contributed by atoms with Crippen molar-refractivity contribution in [1.29, 1.82) is 0 Å². The minimum Gasteiger partial charge on any atom is -0.494 e. The van der Waals surface area contributed by atoms with Gasteiger partial charge in [0.25, 0.3) is 0 Å². The zero-order chi connectivity index (χ0) is 10.9. The molecule has 0 aliphatic rings. The van der Waals surface area contributed by atoms with Crippen LogP contribution in [0.25, 0.3) is 0 Å². The summed E-state index contributed by atoms with van der Waals surface area (Å²) < 4.78 is 5.68. The lowest BCUT2D eigenvalue weighted by Gasteiger charge is -2.07. The third kappa shape index (κ3) is 4.87. The molecule has 0 amide bonds. The smallest absolute Gasteiger partial charge is 0.119 e. The minimum absolute atomic E-state index is 0.840. The van der Waals surface area contributed by atoms with Crippen molar-refractivity contribution < 1.29 is 4.74 Å². The minimum atomic E-state index is 0.840. The number of rotatable bonds is 7. The Morgan fingerprint density at radius 1 is 1.27 bits per heavy atom. The van der Waals surface area contributed by atoms with E-state index in [4.69, 9.17) is 4.74 Å². The van der Waals surface area contributed by atoms with Gasteiger partial charge in [0.05, 0.1) is 6.61 Å². The maximum atomic E-state index is 5.68. The second kappa shape index (κ2) is 7.33. The van der Waals surface area contributed by atoms with E-state index in [2.05, 4.69) is 38.5 Å². The molecular formula is C14H21O. The summed E-state index contributed by atoms with van der Waals surface area (Å²) in [5.41, 5.74) is 1.32. The van der Waals surface area contributed by atoms with Crippen LogP contribution in [0, 0.1) is 6.42 Å². The Bertz CT molecular complexity index is 268. The molecule has 0 heterocycles. The first-order valence-electron chi connectivity index (χ1n) is 5.86. The van der Waals surface area contributed by atoms with Gasteiger partial charge in [-0.2, -0.15) is 0 Å². The molecule has 1 aromatic rings. The van der Waals surface area contributed by atoms with Crippen LogP contribution in [0.15, 0.2) is 24.3 Å². The van der Waals surface area contributed by atoms with E-state index < -0.39 is 0 Å². The highest BCUT2D eigenvalue weighted by molar-refractivity contribution is 5.29. The van der Waals surface area contributed by atoms with E-state index in [1.165, 1.54) is 18.4 Å².